The van der Waals surface area contributed by atoms with E-state index in [9.17, 15) is 23.7 Å². The van der Waals surface area contributed by atoms with Gasteiger partial charge in [0.2, 0.25) is 0 Å². The number of aromatic nitrogens is 1. The maximum Gasteiger partial charge on any atom is 0.376 e. The molecule has 9 heteroatoms. The Morgan fingerprint density at radius 1 is 1.55 bits per heavy atom. The van der Waals surface area contributed by atoms with Gasteiger partial charge in [0.1, 0.15) is 11.9 Å². The van der Waals surface area contributed by atoms with Crippen LogP contribution in [0, 0.1) is 10.1 Å². The number of hydrogen-bond donors (Lipinski definition) is 0. The maximum absolute atomic E-state index is 13.0. The molecule has 1 aromatic rings. The van der Waals surface area contributed by atoms with Crippen molar-refractivity contribution >= 4 is 11.8 Å². The van der Waals surface area contributed by atoms with Gasteiger partial charge < -0.3 is 19.6 Å². The zero-order valence-electron chi connectivity index (χ0n) is 10.8. The summed E-state index contributed by atoms with van der Waals surface area (Å²) in [4.78, 5) is 24.4. The average Bonchev–Trinajstić information content (AvgIpc) is 2.37. The van der Waals surface area contributed by atoms with Crippen LogP contribution in [0.1, 0.15) is 24.5 Å². The van der Waals surface area contributed by atoms with Gasteiger partial charge in [-0.1, -0.05) is 0 Å². The van der Waals surface area contributed by atoms with E-state index in [1.807, 2.05) is 0 Å². The Morgan fingerprint density at radius 2 is 2.20 bits per heavy atom. The molecule has 0 amide bonds. The van der Waals surface area contributed by atoms with Crippen molar-refractivity contribution in [2.45, 2.75) is 19.8 Å². The Kier molecular flexibility index (Phi) is 5.30. The van der Waals surface area contributed by atoms with Crippen molar-refractivity contribution in [1.29, 1.82) is 0 Å². The molecule has 0 saturated heterocycles. The molecule has 0 atom stereocenters. The summed E-state index contributed by atoms with van der Waals surface area (Å²) in [6.45, 7) is 1.72. The van der Waals surface area contributed by atoms with E-state index in [-0.39, 0.29) is 18.6 Å². The lowest BCUT2D eigenvalue weighted by atomic mass is 10.1. The maximum atomic E-state index is 13.0. The third-order valence-electron chi connectivity index (χ3n) is 2.36. The summed E-state index contributed by atoms with van der Waals surface area (Å²) in [7, 11) is 1.08. The van der Waals surface area contributed by atoms with Crippen LogP contribution in [0.5, 0.6) is 5.75 Å². The molecule has 0 radical (unpaired) electrons. The van der Waals surface area contributed by atoms with Gasteiger partial charge in [-0.3, -0.25) is 4.79 Å². The molecular weight excluding hydrogens is 278 g/mol. The van der Waals surface area contributed by atoms with E-state index < -0.39 is 34.4 Å². The number of pyridine rings is 1. The van der Waals surface area contributed by atoms with E-state index in [1.165, 1.54) is 0 Å². The number of alkyl halides is 2. The molecule has 7 nitrogen and oxygen atoms in total. The van der Waals surface area contributed by atoms with E-state index >= 15 is 0 Å². The Labute approximate surface area is 112 Å². The standard InChI is InChI=1S/C11H12F2N2O5/c1-3-20-7(16)4-6-5-14-11(15(17)18)8(10(12)13)9(6)19-2/h5,10H,3-4H2,1-2H3. The van der Waals surface area contributed by atoms with E-state index in [0.717, 1.165) is 13.3 Å². The molecule has 0 aliphatic heterocycles. The first-order valence-corrected chi connectivity index (χ1v) is 5.56. The topological polar surface area (TPSA) is 91.6 Å². The number of hydrogen-bond acceptors (Lipinski definition) is 6. The molecule has 0 bridgehead atoms. The normalized spacial score (nSPS) is 10.4. The second-order valence-corrected chi connectivity index (χ2v) is 3.59. The number of carbonyl (C=O) groups is 1. The second kappa shape index (κ2) is 6.73. The summed E-state index contributed by atoms with van der Waals surface area (Å²) in [5.41, 5.74) is -0.939. The molecule has 0 aliphatic rings. The number of esters is 1. The first-order chi connectivity index (χ1) is 9.42. The fourth-order valence-corrected chi connectivity index (χ4v) is 1.62. The van der Waals surface area contributed by atoms with Crippen LogP contribution in [-0.4, -0.2) is 29.6 Å². The molecule has 0 unspecified atom stereocenters. The largest absolute Gasteiger partial charge is 0.495 e. The van der Waals surface area contributed by atoms with Crippen molar-refractivity contribution in [3.63, 3.8) is 0 Å². The third-order valence-corrected chi connectivity index (χ3v) is 2.36. The minimum Gasteiger partial charge on any atom is -0.495 e. The van der Waals surface area contributed by atoms with Crippen molar-refractivity contribution < 1.29 is 28.0 Å². The highest BCUT2D eigenvalue weighted by Crippen LogP contribution is 2.37. The molecule has 1 heterocycles. The number of nitro groups is 1. The number of rotatable bonds is 6. The van der Waals surface area contributed by atoms with Gasteiger partial charge in [-0.05, 0) is 16.8 Å². The van der Waals surface area contributed by atoms with Gasteiger partial charge in [0, 0.05) is 5.56 Å². The molecular formula is C11H12F2N2O5. The zero-order valence-corrected chi connectivity index (χ0v) is 10.8. The van der Waals surface area contributed by atoms with Gasteiger partial charge in [0.05, 0.1) is 20.1 Å². The molecule has 0 aliphatic carbocycles. The quantitative estimate of drug-likeness (QED) is 0.452. The number of methoxy groups -OCH3 is 1. The second-order valence-electron chi connectivity index (χ2n) is 3.59. The molecule has 0 N–H and O–H groups in total. The average molecular weight is 290 g/mol. The van der Waals surface area contributed by atoms with Crippen molar-refractivity contribution in [2.24, 2.45) is 0 Å². The highest BCUT2D eigenvalue weighted by molar-refractivity contribution is 5.74. The summed E-state index contributed by atoms with van der Waals surface area (Å²) in [5.74, 6) is -2.08. The Morgan fingerprint density at radius 3 is 2.65 bits per heavy atom. The van der Waals surface area contributed by atoms with Crippen molar-refractivity contribution in [3.8, 4) is 5.75 Å². The Hall–Kier alpha value is -2.32. The van der Waals surface area contributed by atoms with Crippen LogP contribution in [0.3, 0.4) is 0 Å². The summed E-state index contributed by atoms with van der Waals surface area (Å²) < 4.78 is 35.4. The minimum atomic E-state index is -3.15. The highest BCUT2D eigenvalue weighted by Gasteiger charge is 2.31. The number of ether oxygens (including phenoxy) is 2. The molecule has 110 valence electrons. The van der Waals surface area contributed by atoms with Crippen LogP contribution in [0.15, 0.2) is 6.20 Å². The van der Waals surface area contributed by atoms with Gasteiger partial charge in [-0.2, -0.15) is 0 Å². The lowest BCUT2D eigenvalue weighted by Gasteiger charge is -2.11. The monoisotopic (exact) mass is 290 g/mol. The van der Waals surface area contributed by atoms with Gasteiger partial charge in [-0.25, -0.2) is 8.78 Å². The summed E-state index contributed by atoms with van der Waals surface area (Å²) in [6.07, 6.45) is -2.55. The first kappa shape index (κ1) is 15.7. The lowest BCUT2D eigenvalue weighted by molar-refractivity contribution is -0.391. The van der Waals surface area contributed by atoms with Gasteiger partial charge >= 0.3 is 11.8 Å². The van der Waals surface area contributed by atoms with Crippen LogP contribution in [0.4, 0.5) is 14.6 Å². The molecule has 1 aromatic heterocycles. The predicted molar refractivity (Wildman–Crippen MR) is 62.7 cm³/mol. The molecule has 0 spiro atoms. The van der Waals surface area contributed by atoms with Crippen molar-refractivity contribution in [3.05, 3.63) is 27.4 Å². The first-order valence-electron chi connectivity index (χ1n) is 5.56. The Balaban J connectivity index is 3.30. The van der Waals surface area contributed by atoms with E-state index in [1.54, 1.807) is 6.92 Å². The SMILES string of the molecule is CCOC(=O)Cc1cnc([N+](=O)[O-])c(C(F)F)c1OC. The zero-order chi connectivity index (χ0) is 15.3. The fraction of sp³-hybridized carbons (Fsp3) is 0.455. The summed E-state index contributed by atoms with van der Waals surface area (Å²) in [5, 5.41) is 10.7. The molecule has 0 fully saturated rings. The van der Waals surface area contributed by atoms with Gasteiger partial charge in [0.25, 0.3) is 6.43 Å². The summed E-state index contributed by atoms with van der Waals surface area (Å²) >= 11 is 0. The van der Waals surface area contributed by atoms with Crippen molar-refractivity contribution in [2.75, 3.05) is 13.7 Å². The van der Waals surface area contributed by atoms with Gasteiger partial charge in [0.15, 0.2) is 5.56 Å². The van der Waals surface area contributed by atoms with Crippen molar-refractivity contribution in [1.82, 2.24) is 4.98 Å². The molecule has 0 saturated carbocycles. The van der Waals surface area contributed by atoms with E-state index in [0.29, 0.717) is 0 Å². The minimum absolute atomic E-state index is 0.00634. The third kappa shape index (κ3) is 3.37. The number of carbonyl (C=O) groups excluding carboxylic acids is 1. The van der Waals surface area contributed by atoms with Crippen LogP contribution in [-0.2, 0) is 16.0 Å². The van der Waals surface area contributed by atoms with Crippen LogP contribution >= 0.6 is 0 Å². The lowest BCUT2D eigenvalue weighted by Crippen LogP contribution is -2.11. The molecule has 20 heavy (non-hydrogen) atoms. The fourth-order valence-electron chi connectivity index (χ4n) is 1.62. The highest BCUT2D eigenvalue weighted by atomic mass is 19.3. The smallest absolute Gasteiger partial charge is 0.376 e. The molecule has 0 aromatic carbocycles. The van der Waals surface area contributed by atoms with E-state index in [4.69, 9.17) is 4.74 Å². The Bertz CT molecular complexity index is 522. The predicted octanol–water partition coefficient (Wildman–Crippen LogP) is 2.04. The van der Waals surface area contributed by atoms with E-state index in [2.05, 4.69) is 9.72 Å². The molecule has 1 rings (SSSR count). The summed E-state index contributed by atoms with van der Waals surface area (Å²) in [6, 6.07) is 0. The van der Waals surface area contributed by atoms with Crippen LogP contribution in [0.25, 0.3) is 0 Å². The number of nitrogens with zero attached hydrogens (tertiary/aromatic N) is 2. The van der Waals surface area contributed by atoms with Crippen LogP contribution < -0.4 is 4.74 Å². The van der Waals surface area contributed by atoms with Crippen LogP contribution in [0.2, 0.25) is 0 Å². The van der Waals surface area contributed by atoms with Gasteiger partial charge in [-0.15, -0.1) is 0 Å². The number of halogens is 2.